The molecule has 0 radical (unpaired) electrons. The van der Waals surface area contributed by atoms with E-state index in [9.17, 15) is 13.2 Å². The number of nitrogens with one attached hydrogen (secondary N) is 2. The lowest BCUT2D eigenvalue weighted by Crippen LogP contribution is -2.45. The number of amides is 1. The summed E-state index contributed by atoms with van der Waals surface area (Å²) in [6.45, 7) is 1.79. The summed E-state index contributed by atoms with van der Waals surface area (Å²) in [5.41, 5.74) is 0.939. The maximum atomic E-state index is 12.5. The molecule has 0 fully saturated rings. The Morgan fingerprint density at radius 2 is 1.63 bits per heavy atom. The van der Waals surface area contributed by atoms with Crippen molar-refractivity contribution in [3.63, 3.8) is 0 Å². The lowest BCUT2D eigenvalue weighted by molar-refractivity contribution is -0.122. The summed E-state index contributed by atoms with van der Waals surface area (Å²) < 4.78 is 42.8. The largest absolute Gasteiger partial charge is 0.495 e. The van der Waals surface area contributed by atoms with Gasteiger partial charge in [-0.3, -0.25) is 4.79 Å². The molecule has 164 valence electrons. The normalized spacial score (nSPS) is 12.2. The zero-order valence-electron chi connectivity index (χ0n) is 17.2. The van der Waals surface area contributed by atoms with Crippen LogP contribution < -0.4 is 24.2 Å². The second kappa shape index (κ2) is 10.5. The molecule has 0 spiro atoms. The van der Waals surface area contributed by atoms with Crippen LogP contribution in [0.5, 0.6) is 17.2 Å². The molecule has 2 aromatic carbocycles. The zero-order chi connectivity index (χ0) is 22.3. The van der Waals surface area contributed by atoms with Gasteiger partial charge < -0.3 is 19.5 Å². The molecular formula is C20H25ClN2O6S. The Balaban J connectivity index is 1.93. The van der Waals surface area contributed by atoms with Crippen LogP contribution in [-0.2, 0) is 21.2 Å². The van der Waals surface area contributed by atoms with Crippen molar-refractivity contribution in [1.29, 1.82) is 0 Å². The van der Waals surface area contributed by atoms with Gasteiger partial charge in [0, 0.05) is 6.54 Å². The van der Waals surface area contributed by atoms with E-state index in [2.05, 4.69) is 10.0 Å². The fraction of sp³-hybridized carbons (Fsp3) is 0.350. The number of hydrogen-bond donors (Lipinski definition) is 2. The third-order valence-electron chi connectivity index (χ3n) is 4.32. The summed E-state index contributed by atoms with van der Waals surface area (Å²) in [7, 11) is 0.610. The Kier molecular flexibility index (Phi) is 8.33. The van der Waals surface area contributed by atoms with Crippen LogP contribution >= 0.6 is 11.6 Å². The van der Waals surface area contributed by atoms with E-state index in [1.165, 1.54) is 32.2 Å². The van der Waals surface area contributed by atoms with Gasteiger partial charge in [0.1, 0.15) is 5.75 Å². The van der Waals surface area contributed by atoms with Gasteiger partial charge in [0.2, 0.25) is 15.9 Å². The van der Waals surface area contributed by atoms with E-state index in [-0.39, 0.29) is 9.92 Å². The Morgan fingerprint density at radius 3 is 2.23 bits per heavy atom. The quantitative estimate of drug-likeness (QED) is 0.569. The second-order valence-electron chi connectivity index (χ2n) is 6.37. The van der Waals surface area contributed by atoms with Gasteiger partial charge >= 0.3 is 0 Å². The highest BCUT2D eigenvalue weighted by molar-refractivity contribution is 7.89. The molecule has 0 bridgehead atoms. The van der Waals surface area contributed by atoms with Gasteiger partial charge in [0.15, 0.2) is 11.5 Å². The highest BCUT2D eigenvalue weighted by atomic mass is 35.5. The highest BCUT2D eigenvalue weighted by Gasteiger charge is 2.22. The smallest absolute Gasteiger partial charge is 0.241 e. The third-order valence-corrected chi connectivity index (χ3v) is 6.15. The maximum absolute atomic E-state index is 12.5. The van der Waals surface area contributed by atoms with Gasteiger partial charge in [-0.2, -0.15) is 4.72 Å². The first kappa shape index (κ1) is 23.8. The summed E-state index contributed by atoms with van der Waals surface area (Å²) in [6.07, 6.45) is 0.541. The number of rotatable bonds is 10. The molecule has 0 aliphatic rings. The average Bonchev–Trinajstić information content (AvgIpc) is 2.73. The minimum absolute atomic E-state index is 0.0572. The molecule has 0 saturated heterocycles. The van der Waals surface area contributed by atoms with Gasteiger partial charge in [0.05, 0.1) is 37.3 Å². The van der Waals surface area contributed by atoms with E-state index < -0.39 is 22.0 Å². The predicted octanol–water partition coefficient (Wildman–Crippen LogP) is 2.39. The van der Waals surface area contributed by atoms with Crippen LogP contribution in [-0.4, -0.2) is 48.2 Å². The van der Waals surface area contributed by atoms with Gasteiger partial charge in [-0.15, -0.1) is 0 Å². The van der Waals surface area contributed by atoms with Gasteiger partial charge in [-0.1, -0.05) is 17.7 Å². The molecule has 2 N–H and O–H groups in total. The predicted molar refractivity (Wildman–Crippen MR) is 114 cm³/mol. The lowest BCUT2D eigenvalue weighted by atomic mass is 10.1. The first-order valence-electron chi connectivity index (χ1n) is 9.06. The van der Waals surface area contributed by atoms with Crippen LogP contribution in [0.15, 0.2) is 41.3 Å². The Morgan fingerprint density at radius 1 is 1.00 bits per heavy atom. The molecule has 1 atom stereocenters. The fourth-order valence-electron chi connectivity index (χ4n) is 2.69. The molecule has 0 unspecified atom stereocenters. The molecule has 10 heteroatoms. The minimum atomic E-state index is -3.93. The van der Waals surface area contributed by atoms with Crippen LogP contribution in [0.3, 0.4) is 0 Å². The molecule has 0 heterocycles. The van der Waals surface area contributed by atoms with Crippen molar-refractivity contribution >= 4 is 27.5 Å². The number of carbonyl (C=O) groups is 1. The molecule has 0 aliphatic carbocycles. The van der Waals surface area contributed by atoms with E-state index in [1.807, 2.05) is 12.1 Å². The van der Waals surface area contributed by atoms with Crippen molar-refractivity contribution in [2.24, 2.45) is 0 Å². The van der Waals surface area contributed by atoms with Crippen LogP contribution in [0, 0.1) is 0 Å². The number of benzene rings is 2. The summed E-state index contributed by atoms with van der Waals surface area (Å²) in [4.78, 5) is 12.2. The van der Waals surface area contributed by atoms with Crippen molar-refractivity contribution in [2.75, 3.05) is 27.9 Å². The molecule has 30 heavy (non-hydrogen) atoms. The summed E-state index contributed by atoms with van der Waals surface area (Å²) in [5.74, 6) is 1.13. The molecule has 0 aliphatic heterocycles. The number of hydrogen-bond acceptors (Lipinski definition) is 6. The number of carbonyl (C=O) groups excluding carboxylic acids is 1. The van der Waals surface area contributed by atoms with E-state index in [1.54, 1.807) is 20.3 Å². The van der Waals surface area contributed by atoms with Crippen LogP contribution in [0.4, 0.5) is 0 Å². The first-order valence-corrected chi connectivity index (χ1v) is 10.9. The molecule has 1 amide bonds. The molecule has 2 aromatic rings. The molecule has 0 aromatic heterocycles. The SMILES string of the molecule is COc1ccc(S(=O)(=O)N[C@@H](C)C(=O)NCCc2ccc(OC)c(OC)c2)cc1Cl. The summed E-state index contributed by atoms with van der Waals surface area (Å²) in [5, 5.41) is 2.88. The third kappa shape index (κ3) is 6.01. The number of methoxy groups -OCH3 is 3. The summed E-state index contributed by atoms with van der Waals surface area (Å²) in [6, 6.07) is 8.58. The molecule has 0 saturated carbocycles. The van der Waals surface area contributed by atoms with E-state index in [0.717, 1.165) is 5.56 Å². The van der Waals surface area contributed by atoms with Crippen molar-refractivity contribution < 1.29 is 27.4 Å². The number of halogens is 1. The summed E-state index contributed by atoms with van der Waals surface area (Å²) >= 11 is 5.99. The monoisotopic (exact) mass is 456 g/mol. The second-order valence-corrected chi connectivity index (χ2v) is 8.49. The molecule has 8 nitrogen and oxygen atoms in total. The van der Waals surface area contributed by atoms with Gasteiger partial charge in [0.25, 0.3) is 0 Å². The Bertz CT molecular complexity index is 997. The van der Waals surface area contributed by atoms with E-state index in [4.69, 9.17) is 25.8 Å². The van der Waals surface area contributed by atoms with Crippen molar-refractivity contribution in [2.45, 2.75) is 24.3 Å². The van der Waals surface area contributed by atoms with Gasteiger partial charge in [-0.25, -0.2) is 8.42 Å². The number of ether oxygens (including phenoxy) is 3. The maximum Gasteiger partial charge on any atom is 0.241 e. The van der Waals surface area contributed by atoms with Gasteiger partial charge in [-0.05, 0) is 49.2 Å². The van der Waals surface area contributed by atoms with E-state index >= 15 is 0 Å². The highest BCUT2D eigenvalue weighted by Crippen LogP contribution is 2.28. The molecule has 2 rings (SSSR count). The first-order chi connectivity index (χ1) is 14.2. The molecular weight excluding hydrogens is 432 g/mol. The topological polar surface area (TPSA) is 103 Å². The Labute approximate surface area is 181 Å². The van der Waals surface area contributed by atoms with E-state index in [0.29, 0.717) is 30.2 Å². The lowest BCUT2D eigenvalue weighted by Gasteiger charge is -2.15. The van der Waals surface area contributed by atoms with Crippen LogP contribution in [0.2, 0.25) is 5.02 Å². The zero-order valence-corrected chi connectivity index (χ0v) is 18.8. The van der Waals surface area contributed by atoms with Crippen molar-refractivity contribution in [1.82, 2.24) is 10.0 Å². The standard InChI is InChI=1S/C20H25ClN2O6S/c1-13(23-30(25,26)15-6-8-17(27-2)16(21)12-15)20(24)22-10-9-14-5-7-18(28-3)19(11-14)29-4/h5-8,11-13,23H,9-10H2,1-4H3,(H,22,24)/t13-/m0/s1. The average molecular weight is 457 g/mol. The fourth-order valence-corrected chi connectivity index (χ4v) is 4.24. The Hall–Kier alpha value is -2.49. The minimum Gasteiger partial charge on any atom is -0.495 e. The van der Waals surface area contributed by atoms with Crippen molar-refractivity contribution in [3.8, 4) is 17.2 Å². The van der Waals surface area contributed by atoms with Crippen LogP contribution in [0.1, 0.15) is 12.5 Å². The van der Waals surface area contributed by atoms with Crippen molar-refractivity contribution in [3.05, 3.63) is 47.0 Å². The number of sulfonamides is 1. The van der Waals surface area contributed by atoms with Crippen LogP contribution in [0.25, 0.3) is 0 Å².